The molecular formula is C34H48N2O7. The smallest absolute Gasteiger partial charge is 0.305 e. The first-order chi connectivity index (χ1) is 20.6. The van der Waals surface area contributed by atoms with Gasteiger partial charge < -0.3 is 9.47 Å². The Morgan fingerprint density at radius 2 is 1.26 bits per heavy atom. The summed E-state index contributed by atoms with van der Waals surface area (Å²) in [7, 11) is 0. The van der Waals surface area contributed by atoms with Crippen molar-refractivity contribution in [3.8, 4) is 0 Å². The number of rotatable bonds is 17. The second-order valence-corrected chi connectivity index (χ2v) is 13.0. The molecule has 2 fully saturated rings. The van der Waals surface area contributed by atoms with Crippen LogP contribution in [0.3, 0.4) is 0 Å². The van der Waals surface area contributed by atoms with Crippen LogP contribution in [0.4, 0.5) is 0 Å². The van der Waals surface area contributed by atoms with E-state index in [-0.39, 0.29) is 29.6 Å². The van der Waals surface area contributed by atoms with E-state index in [0.29, 0.717) is 81.1 Å². The second kappa shape index (κ2) is 15.5. The summed E-state index contributed by atoms with van der Waals surface area (Å²) in [6.45, 7) is 10.9. The molecule has 0 aromatic heterocycles. The van der Waals surface area contributed by atoms with E-state index in [0.717, 1.165) is 57.1 Å². The van der Waals surface area contributed by atoms with Gasteiger partial charge in [0.1, 0.15) is 0 Å². The SMILES string of the molecule is C=C(CCCCCN1C(=O)C=CC1=O)OCC1CC(C)C2CC(COC(=O)CCCCCN3C(=O)C=CC3=O)CC2C1C. The number of carbonyl (C=O) groups is 5. The lowest BCUT2D eigenvalue weighted by Gasteiger charge is -2.42. The number of carbonyl (C=O) groups excluding carboxylic acids is 5. The van der Waals surface area contributed by atoms with E-state index < -0.39 is 0 Å². The lowest BCUT2D eigenvalue weighted by atomic mass is 9.64. The first-order valence-corrected chi connectivity index (χ1v) is 16.2. The fourth-order valence-electron chi connectivity index (χ4n) is 7.41. The van der Waals surface area contributed by atoms with Crippen LogP contribution in [0, 0.1) is 35.5 Å². The summed E-state index contributed by atoms with van der Waals surface area (Å²) in [4.78, 5) is 61.3. The highest BCUT2D eigenvalue weighted by molar-refractivity contribution is 6.13. The molecule has 43 heavy (non-hydrogen) atoms. The Kier molecular flexibility index (Phi) is 11.8. The molecule has 0 aromatic carbocycles. The van der Waals surface area contributed by atoms with Crippen LogP contribution in [-0.2, 0) is 33.4 Å². The van der Waals surface area contributed by atoms with Crippen molar-refractivity contribution in [2.75, 3.05) is 26.3 Å². The Hall–Kier alpha value is -3.23. The molecule has 2 heterocycles. The number of fused-ring (bicyclic) bond motifs is 1. The van der Waals surface area contributed by atoms with Crippen LogP contribution in [0.1, 0.15) is 84.5 Å². The van der Waals surface area contributed by atoms with Crippen LogP contribution in [-0.4, -0.2) is 65.7 Å². The van der Waals surface area contributed by atoms with Crippen LogP contribution in [0.2, 0.25) is 0 Å². The largest absolute Gasteiger partial charge is 0.498 e. The normalized spacial score (nSPS) is 28.2. The van der Waals surface area contributed by atoms with Crippen molar-refractivity contribution in [2.24, 2.45) is 35.5 Å². The van der Waals surface area contributed by atoms with Gasteiger partial charge in [0.15, 0.2) is 0 Å². The summed E-state index contributed by atoms with van der Waals surface area (Å²) in [5.74, 6) is 3.00. The van der Waals surface area contributed by atoms with E-state index in [4.69, 9.17) is 9.47 Å². The van der Waals surface area contributed by atoms with Gasteiger partial charge in [-0.2, -0.15) is 0 Å². The summed E-state index contributed by atoms with van der Waals surface area (Å²) >= 11 is 0. The van der Waals surface area contributed by atoms with E-state index in [1.165, 1.54) is 34.1 Å². The van der Waals surface area contributed by atoms with Gasteiger partial charge in [-0.3, -0.25) is 33.8 Å². The van der Waals surface area contributed by atoms with Gasteiger partial charge in [-0.25, -0.2) is 0 Å². The number of esters is 1. The number of imide groups is 2. The van der Waals surface area contributed by atoms with Crippen LogP contribution >= 0.6 is 0 Å². The molecule has 4 amide bonds. The van der Waals surface area contributed by atoms with Crippen molar-refractivity contribution in [3.63, 3.8) is 0 Å². The van der Waals surface area contributed by atoms with Crippen molar-refractivity contribution in [1.82, 2.24) is 9.80 Å². The van der Waals surface area contributed by atoms with Gasteiger partial charge in [0.05, 0.1) is 19.0 Å². The quantitative estimate of drug-likeness (QED) is 0.101. The molecule has 236 valence electrons. The Morgan fingerprint density at radius 1 is 0.721 bits per heavy atom. The predicted molar refractivity (Wildman–Crippen MR) is 161 cm³/mol. The zero-order chi connectivity index (χ0) is 30.9. The summed E-state index contributed by atoms with van der Waals surface area (Å²) in [6, 6.07) is 0. The molecule has 4 aliphatic rings. The van der Waals surface area contributed by atoms with Crippen LogP contribution in [0.25, 0.3) is 0 Å². The molecule has 2 aliphatic heterocycles. The third kappa shape index (κ3) is 8.89. The van der Waals surface area contributed by atoms with E-state index in [2.05, 4.69) is 20.4 Å². The molecule has 6 unspecified atom stereocenters. The predicted octanol–water partition coefficient (Wildman–Crippen LogP) is 4.97. The minimum Gasteiger partial charge on any atom is -0.498 e. The van der Waals surface area contributed by atoms with Crippen LogP contribution < -0.4 is 0 Å². The zero-order valence-corrected chi connectivity index (χ0v) is 25.8. The van der Waals surface area contributed by atoms with Crippen molar-refractivity contribution in [2.45, 2.75) is 84.5 Å². The molecule has 6 atom stereocenters. The summed E-state index contributed by atoms with van der Waals surface area (Å²) in [6.07, 6.45) is 14.5. The number of unbranched alkanes of at least 4 members (excludes halogenated alkanes) is 4. The molecule has 2 saturated carbocycles. The number of hydrogen-bond acceptors (Lipinski definition) is 7. The molecule has 2 aliphatic carbocycles. The number of nitrogens with zero attached hydrogens (tertiary/aromatic N) is 2. The lowest BCUT2D eigenvalue weighted by Crippen LogP contribution is -2.37. The van der Waals surface area contributed by atoms with Gasteiger partial charge in [0.25, 0.3) is 23.6 Å². The molecular weight excluding hydrogens is 548 g/mol. The third-order valence-electron chi connectivity index (χ3n) is 9.97. The highest BCUT2D eigenvalue weighted by Gasteiger charge is 2.46. The van der Waals surface area contributed by atoms with Gasteiger partial charge in [-0.15, -0.1) is 0 Å². The van der Waals surface area contributed by atoms with E-state index in [1.54, 1.807) is 0 Å². The molecule has 0 aromatic rings. The standard InChI is InChI=1S/C34H48N2O7/c1-23-18-27(22-42-24(2)10-6-4-8-16-35-30(37)12-13-31(35)38)25(3)29-20-26(19-28(23)29)21-43-34(41)11-7-5-9-17-36-32(39)14-15-33(36)40/h12-15,23,25-29H,2,4-11,16-22H2,1,3H3. The lowest BCUT2D eigenvalue weighted by molar-refractivity contribution is -0.145. The zero-order valence-electron chi connectivity index (χ0n) is 25.8. The van der Waals surface area contributed by atoms with Crippen molar-refractivity contribution >= 4 is 29.6 Å². The topological polar surface area (TPSA) is 110 Å². The third-order valence-corrected chi connectivity index (χ3v) is 9.97. The maximum absolute atomic E-state index is 12.4. The van der Waals surface area contributed by atoms with Crippen molar-refractivity contribution in [1.29, 1.82) is 0 Å². The number of ether oxygens (including phenoxy) is 2. The van der Waals surface area contributed by atoms with E-state index in [9.17, 15) is 24.0 Å². The monoisotopic (exact) mass is 596 g/mol. The summed E-state index contributed by atoms with van der Waals surface area (Å²) in [5, 5.41) is 0. The number of amides is 4. The summed E-state index contributed by atoms with van der Waals surface area (Å²) < 4.78 is 11.8. The minimum absolute atomic E-state index is 0.161. The summed E-state index contributed by atoms with van der Waals surface area (Å²) in [5.41, 5.74) is 0. The average molecular weight is 597 g/mol. The fraction of sp³-hybridized carbons (Fsp3) is 0.676. The molecule has 9 heteroatoms. The van der Waals surface area contributed by atoms with Crippen molar-refractivity contribution < 1.29 is 33.4 Å². The van der Waals surface area contributed by atoms with Crippen LogP contribution in [0.15, 0.2) is 36.6 Å². The van der Waals surface area contributed by atoms with Crippen LogP contribution in [0.5, 0.6) is 0 Å². The highest BCUT2D eigenvalue weighted by Crippen LogP contribution is 2.52. The minimum atomic E-state index is -0.260. The molecule has 0 radical (unpaired) electrons. The molecule has 4 rings (SSSR count). The second-order valence-electron chi connectivity index (χ2n) is 13.0. The fourth-order valence-corrected chi connectivity index (χ4v) is 7.41. The van der Waals surface area contributed by atoms with Crippen molar-refractivity contribution in [3.05, 3.63) is 36.6 Å². The molecule has 0 bridgehead atoms. The van der Waals surface area contributed by atoms with E-state index >= 15 is 0 Å². The Bertz CT molecular complexity index is 1090. The Morgan fingerprint density at radius 3 is 1.84 bits per heavy atom. The van der Waals surface area contributed by atoms with Gasteiger partial charge in [-0.05, 0) is 80.5 Å². The van der Waals surface area contributed by atoms with Gasteiger partial charge in [0, 0.05) is 50.2 Å². The Labute approximate surface area is 255 Å². The average Bonchev–Trinajstić information content (AvgIpc) is 3.66. The number of allylic oxidation sites excluding steroid dienone is 1. The first kappa shape index (κ1) is 32.7. The van der Waals surface area contributed by atoms with E-state index in [1.807, 2.05) is 0 Å². The molecule has 0 spiro atoms. The maximum Gasteiger partial charge on any atom is 0.305 e. The maximum atomic E-state index is 12.4. The number of hydrogen-bond donors (Lipinski definition) is 0. The Balaban J connectivity index is 1.07. The molecule has 9 nitrogen and oxygen atoms in total. The molecule has 0 N–H and O–H groups in total. The van der Waals surface area contributed by atoms with Gasteiger partial charge in [-0.1, -0.05) is 33.3 Å². The highest BCUT2D eigenvalue weighted by atomic mass is 16.5. The first-order valence-electron chi connectivity index (χ1n) is 16.2. The van der Waals surface area contributed by atoms with Gasteiger partial charge >= 0.3 is 5.97 Å². The van der Waals surface area contributed by atoms with Gasteiger partial charge in [0.2, 0.25) is 0 Å². The molecule has 0 saturated heterocycles.